The van der Waals surface area contributed by atoms with Crippen molar-refractivity contribution >= 4 is 16.9 Å². The Kier molecular flexibility index (Phi) is 3.01. The van der Waals surface area contributed by atoms with Gasteiger partial charge in [-0.1, -0.05) is 12.1 Å². The lowest BCUT2D eigenvalue weighted by atomic mass is 10.0. The summed E-state index contributed by atoms with van der Waals surface area (Å²) in [7, 11) is 0. The molecule has 0 radical (unpaired) electrons. The molecule has 1 aromatic carbocycles. The number of hydrogen-bond acceptors (Lipinski definition) is 2. The molecule has 3 N–H and O–H groups in total. The number of carboxylic acids is 1. The Labute approximate surface area is 105 Å². The summed E-state index contributed by atoms with van der Waals surface area (Å²) in [5.74, 6) is -1.51. The smallest absolute Gasteiger partial charge is 0.418 e. The maximum absolute atomic E-state index is 12.8. The van der Waals surface area contributed by atoms with Crippen LogP contribution in [-0.4, -0.2) is 21.2 Å². The highest BCUT2D eigenvalue weighted by atomic mass is 19.4. The molecule has 102 valence electrons. The number of para-hydroxylation sites is 1. The molecule has 0 spiro atoms. The third-order valence-electron chi connectivity index (χ3n) is 2.88. The molecule has 0 bridgehead atoms. The zero-order valence-electron chi connectivity index (χ0n) is 9.75. The molecule has 7 heteroatoms. The zero-order chi connectivity index (χ0) is 14.4. The van der Waals surface area contributed by atoms with Gasteiger partial charge in [-0.3, -0.25) is 0 Å². The summed E-state index contributed by atoms with van der Waals surface area (Å²) in [5.41, 5.74) is -0.963. The van der Waals surface area contributed by atoms with E-state index in [-0.39, 0.29) is 22.2 Å². The minimum absolute atomic E-state index is 0.0476. The maximum atomic E-state index is 12.8. The van der Waals surface area contributed by atoms with E-state index in [0.717, 1.165) is 6.07 Å². The topological polar surface area (TPSA) is 73.3 Å². The van der Waals surface area contributed by atoms with Crippen LogP contribution in [0.1, 0.15) is 22.9 Å². The van der Waals surface area contributed by atoms with Gasteiger partial charge in [0.1, 0.15) is 0 Å². The molecule has 0 saturated carbocycles. The molecule has 2 aromatic rings. The summed E-state index contributed by atoms with van der Waals surface area (Å²) in [6, 6.07) is 3.42. The minimum Gasteiger partial charge on any atom is -0.479 e. The Morgan fingerprint density at radius 2 is 2.00 bits per heavy atom. The molecule has 0 aliphatic heterocycles. The number of aromatic amines is 1. The first-order chi connectivity index (χ1) is 8.73. The van der Waals surface area contributed by atoms with Crippen LogP contribution in [0.15, 0.2) is 18.2 Å². The summed E-state index contributed by atoms with van der Waals surface area (Å²) >= 11 is 0. The Morgan fingerprint density at radius 1 is 1.37 bits per heavy atom. The lowest BCUT2D eigenvalue weighted by Gasteiger charge is -2.08. The number of alkyl halides is 3. The normalized spacial score (nSPS) is 13.7. The average molecular weight is 273 g/mol. The van der Waals surface area contributed by atoms with Gasteiger partial charge in [0.2, 0.25) is 0 Å². The number of halogens is 3. The number of rotatable bonds is 2. The molecule has 0 aliphatic rings. The first-order valence-corrected chi connectivity index (χ1v) is 5.32. The number of aryl methyl sites for hydroxylation is 1. The largest absolute Gasteiger partial charge is 0.479 e. The number of H-pyrrole nitrogens is 1. The molecule has 1 unspecified atom stereocenters. The van der Waals surface area contributed by atoms with Gasteiger partial charge in [0.05, 0.1) is 11.1 Å². The van der Waals surface area contributed by atoms with Crippen LogP contribution in [0.5, 0.6) is 0 Å². The predicted octanol–water partition coefficient (Wildman–Crippen LogP) is 2.61. The Morgan fingerprint density at radius 3 is 2.53 bits per heavy atom. The van der Waals surface area contributed by atoms with Gasteiger partial charge in [0.15, 0.2) is 6.10 Å². The van der Waals surface area contributed by atoms with Gasteiger partial charge in [-0.15, -0.1) is 0 Å². The molecule has 0 amide bonds. The van der Waals surface area contributed by atoms with E-state index in [9.17, 15) is 23.1 Å². The number of carboxylic acid groups (broad SMARTS) is 1. The highest BCUT2D eigenvalue weighted by Gasteiger charge is 2.34. The summed E-state index contributed by atoms with van der Waals surface area (Å²) in [6.45, 7) is 1.42. The average Bonchev–Trinajstić information content (AvgIpc) is 2.61. The van der Waals surface area contributed by atoms with Crippen molar-refractivity contribution in [3.8, 4) is 0 Å². The lowest BCUT2D eigenvalue weighted by molar-refractivity contribution is -0.146. The molecular formula is C12H10F3NO3. The van der Waals surface area contributed by atoms with Gasteiger partial charge in [0.25, 0.3) is 0 Å². The van der Waals surface area contributed by atoms with Gasteiger partial charge in [0, 0.05) is 16.6 Å². The van der Waals surface area contributed by atoms with Crippen LogP contribution in [0.2, 0.25) is 0 Å². The van der Waals surface area contributed by atoms with Crippen molar-refractivity contribution in [1.29, 1.82) is 0 Å². The third-order valence-corrected chi connectivity index (χ3v) is 2.88. The third kappa shape index (κ3) is 2.17. The van der Waals surface area contributed by atoms with E-state index >= 15 is 0 Å². The molecule has 0 aliphatic carbocycles. The first-order valence-electron chi connectivity index (χ1n) is 5.32. The fourth-order valence-electron chi connectivity index (χ4n) is 2.08. The van der Waals surface area contributed by atoms with Crippen molar-refractivity contribution in [2.24, 2.45) is 0 Å². The number of aliphatic hydroxyl groups excluding tert-OH is 1. The Hall–Kier alpha value is -2.02. The van der Waals surface area contributed by atoms with Crippen LogP contribution in [0.25, 0.3) is 10.9 Å². The van der Waals surface area contributed by atoms with E-state index < -0.39 is 23.8 Å². The summed E-state index contributed by atoms with van der Waals surface area (Å²) in [4.78, 5) is 13.3. The van der Waals surface area contributed by atoms with Crippen LogP contribution in [-0.2, 0) is 11.0 Å². The molecule has 0 fully saturated rings. The van der Waals surface area contributed by atoms with Gasteiger partial charge in [-0.2, -0.15) is 13.2 Å². The van der Waals surface area contributed by atoms with E-state index in [2.05, 4.69) is 4.98 Å². The fraction of sp³-hybridized carbons (Fsp3) is 0.250. The van der Waals surface area contributed by atoms with E-state index in [1.165, 1.54) is 19.1 Å². The number of aromatic nitrogens is 1. The molecule has 1 atom stereocenters. The maximum Gasteiger partial charge on any atom is 0.418 e. The van der Waals surface area contributed by atoms with Gasteiger partial charge in [-0.05, 0) is 13.0 Å². The molecule has 0 saturated heterocycles. The number of hydrogen-bond donors (Lipinski definition) is 3. The van der Waals surface area contributed by atoms with Crippen molar-refractivity contribution in [2.75, 3.05) is 0 Å². The van der Waals surface area contributed by atoms with Gasteiger partial charge >= 0.3 is 12.1 Å². The molecular weight excluding hydrogens is 263 g/mol. The number of aliphatic hydroxyl groups is 1. The van der Waals surface area contributed by atoms with Crippen molar-refractivity contribution in [3.63, 3.8) is 0 Å². The molecule has 2 rings (SSSR count). The summed E-state index contributed by atoms with van der Waals surface area (Å²) < 4.78 is 38.5. The second-order valence-corrected chi connectivity index (χ2v) is 4.13. The van der Waals surface area contributed by atoms with E-state index in [1.807, 2.05) is 0 Å². The number of benzene rings is 1. The quantitative estimate of drug-likeness (QED) is 0.787. The van der Waals surface area contributed by atoms with Crippen LogP contribution in [0.3, 0.4) is 0 Å². The second kappa shape index (κ2) is 4.27. The Balaban J connectivity index is 2.77. The van der Waals surface area contributed by atoms with Gasteiger partial charge in [-0.25, -0.2) is 4.79 Å². The van der Waals surface area contributed by atoms with Crippen LogP contribution in [0, 0.1) is 6.92 Å². The van der Waals surface area contributed by atoms with Crippen LogP contribution < -0.4 is 0 Å². The van der Waals surface area contributed by atoms with Crippen LogP contribution in [0.4, 0.5) is 13.2 Å². The summed E-state index contributed by atoms with van der Waals surface area (Å²) in [5, 5.41) is 18.4. The highest BCUT2D eigenvalue weighted by Crippen LogP contribution is 2.37. The lowest BCUT2D eigenvalue weighted by Crippen LogP contribution is -2.11. The van der Waals surface area contributed by atoms with E-state index in [0.29, 0.717) is 0 Å². The number of nitrogens with one attached hydrogen (secondary N) is 1. The summed E-state index contributed by atoms with van der Waals surface area (Å²) in [6.07, 6.45) is -6.42. The van der Waals surface area contributed by atoms with E-state index in [1.54, 1.807) is 0 Å². The Bertz CT molecular complexity index is 645. The molecule has 19 heavy (non-hydrogen) atoms. The molecule has 1 aromatic heterocycles. The SMILES string of the molecule is Cc1[nH]c2c(C(F)(F)F)cccc2c1C(O)C(=O)O. The molecule has 4 nitrogen and oxygen atoms in total. The van der Waals surface area contributed by atoms with Crippen LogP contribution >= 0.6 is 0 Å². The standard InChI is InChI=1S/C12H10F3NO3/c1-5-8(10(17)11(18)19)6-3-2-4-7(9(6)16-5)12(13,14)15/h2-4,10,16-17H,1H3,(H,18,19). The number of aliphatic carboxylic acids is 1. The monoisotopic (exact) mass is 273 g/mol. The van der Waals surface area contributed by atoms with Crippen molar-refractivity contribution in [2.45, 2.75) is 19.2 Å². The van der Waals surface area contributed by atoms with Gasteiger partial charge < -0.3 is 15.2 Å². The zero-order valence-corrected chi connectivity index (χ0v) is 9.75. The van der Waals surface area contributed by atoms with Crippen molar-refractivity contribution in [3.05, 3.63) is 35.0 Å². The van der Waals surface area contributed by atoms with E-state index in [4.69, 9.17) is 5.11 Å². The van der Waals surface area contributed by atoms with Crippen molar-refractivity contribution in [1.82, 2.24) is 4.98 Å². The first kappa shape index (κ1) is 13.4. The second-order valence-electron chi connectivity index (χ2n) is 4.13. The highest BCUT2D eigenvalue weighted by molar-refractivity contribution is 5.91. The minimum atomic E-state index is -4.55. The number of carbonyl (C=O) groups is 1. The predicted molar refractivity (Wildman–Crippen MR) is 60.6 cm³/mol. The molecule has 1 heterocycles. The van der Waals surface area contributed by atoms with Crippen molar-refractivity contribution < 1.29 is 28.2 Å². The fourth-order valence-corrected chi connectivity index (χ4v) is 2.08. The number of fused-ring (bicyclic) bond motifs is 1.